The average molecular weight is 844 g/mol. The minimum atomic E-state index is -0.834. The van der Waals surface area contributed by atoms with E-state index in [0.717, 1.165) is 64.2 Å². The van der Waals surface area contributed by atoms with E-state index in [4.69, 9.17) is 4.74 Å². The maximum absolute atomic E-state index is 13.1. The van der Waals surface area contributed by atoms with Crippen LogP contribution < -0.4 is 5.32 Å². The number of carbonyl (C=O) groups excluding carboxylic acids is 2. The molecule has 0 bridgehead atoms. The number of carbonyl (C=O) groups is 2. The first-order valence-electron chi connectivity index (χ1n) is 24.3. The Morgan fingerprint density at radius 3 is 1.46 bits per heavy atom. The molecule has 3 N–H and O–H groups in total. The van der Waals surface area contributed by atoms with Crippen molar-refractivity contribution in [3.8, 4) is 0 Å². The molecule has 0 aromatic rings. The van der Waals surface area contributed by atoms with Crippen LogP contribution in [0.25, 0.3) is 0 Å². The third-order valence-electron chi connectivity index (χ3n) is 10.2. The quantitative estimate of drug-likeness (QED) is 0.0247. The SMILES string of the molecule is CC/C=C\C/C=C\C/C=C\C/C=C\C/C=C\CCCC(=O)OC(C/C=C/C=C\C=C/C=C/C=C/CC)CC(=O)NC(CO)C(O)CCCCCCCCCCCCCCCC. The number of esters is 1. The van der Waals surface area contributed by atoms with E-state index in [0.29, 0.717) is 19.3 Å². The van der Waals surface area contributed by atoms with Crippen molar-refractivity contribution in [1.82, 2.24) is 5.32 Å². The van der Waals surface area contributed by atoms with Crippen molar-refractivity contribution in [3.63, 3.8) is 0 Å². The van der Waals surface area contributed by atoms with Gasteiger partial charge in [-0.05, 0) is 57.8 Å². The summed E-state index contributed by atoms with van der Waals surface area (Å²) in [4.78, 5) is 26.0. The lowest BCUT2D eigenvalue weighted by Crippen LogP contribution is -2.46. The second-order valence-electron chi connectivity index (χ2n) is 15.9. The van der Waals surface area contributed by atoms with Crippen molar-refractivity contribution >= 4 is 11.9 Å². The Kier molecular flexibility index (Phi) is 44.4. The van der Waals surface area contributed by atoms with Gasteiger partial charge < -0.3 is 20.3 Å². The Labute approximate surface area is 374 Å². The lowest BCUT2D eigenvalue weighted by molar-refractivity contribution is -0.150. The van der Waals surface area contributed by atoms with Crippen molar-refractivity contribution in [2.45, 2.75) is 206 Å². The normalized spacial score (nSPS) is 14.4. The highest BCUT2D eigenvalue weighted by Crippen LogP contribution is 2.15. The zero-order valence-corrected chi connectivity index (χ0v) is 39.0. The van der Waals surface area contributed by atoms with Gasteiger partial charge in [0.15, 0.2) is 0 Å². The monoisotopic (exact) mass is 844 g/mol. The van der Waals surface area contributed by atoms with E-state index in [1.54, 1.807) is 0 Å². The van der Waals surface area contributed by atoms with Crippen molar-refractivity contribution < 1.29 is 24.5 Å². The molecule has 0 spiro atoms. The van der Waals surface area contributed by atoms with Crippen molar-refractivity contribution in [3.05, 3.63) is 122 Å². The molecule has 0 radical (unpaired) electrons. The summed E-state index contributed by atoms with van der Waals surface area (Å²) < 4.78 is 5.80. The molecular weight excluding hydrogens is 755 g/mol. The summed E-state index contributed by atoms with van der Waals surface area (Å²) >= 11 is 0. The number of aliphatic hydroxyl groups is 2. The highest BCUT2D eigenvalue weighted by Gasteiger charge is 2.23. The molecule has 0 fully saturated rings. The zero-order chi connectivity index (χ0) is 44.5. The molecule has 0 heterocycles. The van der Waals surface area contributed by atoms with E-state index in [2.05, 4.69) is 92.9 Å². The number of rotatable bonds is 41. The van der Waals surface area contributed by atoms with E-state index < -0.39 is 18.2 Å². The molecular formula is C55H89NO5. The number of hydrogen-bond acceptors (Lipinski definition) is 5. The van der Waals surface area contributed by atoms with E-state index >= 15 is 0 Å². The summed E-state index contributed by atoms with van der Waals surface area (Å²) in [5, 5.41) is 23.6. The molecule has 0 aromatic heterocycles. The highest BCUT2D eigenvalue weighted by molar-refractivity contribution is 5.77. The lowest BCUT2D eigenvalue weighted by atomic mass is 10.0. The number of allylic oxidation sites excluding steroid dienone is 19. The van der Waals surface area contributed by atoms with Gasteiger partial charge in [0.2, 0.25) is 5.91 Å². The largest absolute Gasteiger partial charge is 0.461 e. The van der Waals surface area contributed by atoms with E-state index in [1.807, 2.05) is 54.7 Å². The predicted octanol–water partition coefficient (Wildman–Crippen LogP) is 14.5. The van der Waals surface area contributed by atoms with Gasteiger partial charge in [-0.3, -0.25) is 9.59 Å². The molecule has 0 saturated carbocycles. The van der Waals surface area contributed by atoms with Crippen molar-refractivity contribution in [2.24, 2.45) is 0 Å². The minimum absolute atomic E-state index is 0.0490. The number of hydrogen-bond donors (Lipinski definition) is 3. The van der Waals surface area contributed by atoms with Crippen LogP contribution in [0.15, 0.2) is 122 Å². The average Bonchev–Trinajstić information content (AvgIpc) is 3.25. The van der Waals surface area contributed by atoms with Gasteiger partial charge in [0.05, 0.1) is 25.2 Å². The van der Waals surface area contributed by atoms with Crippen LogP contribution in [0.1, 0.15) is 188 Å². The van der Waals surface area contributed by atoms with Gasteiger partial charge in [-0.2, -0.15) is 0 Å². The molecule has 6 nitrogen and oxygen atoms in total. The Bertz CT molecular complexity index is 1310. The van der Waals surface area contributed by atoms with Gasteiger partial charge in [-0.25, -0.2) is 0 Å². The molecule has 1 amide bonds. The van der Waals surface area contributed by atoms with Crippen molar-refractivity contribution in [2.75, 3.05) is 6.61 Å². The Balaban J connectivity index is 4.77. The molecule has 6 heteroatoms. The number of ether oxygens (including phenoxy) is 1. The Hall–Kier alpha value is -3.74. The number of unbranched alkanes of at least 4 members (excludes halogenated alkanes) is 14. The molecule has 0 aliphatic rings. The predicted molar refractivity (Wildman–Crippen MR) is 263 cm³/mol. The molecule has 0 aliphatic heterocycles. The van der Waals surface area contributed by atoms with Gasteiger partial charge in [0.25, 0.3) is 0 Å². The molecule has 0 saturated heterocycles. The summed E-state index contributed by atoms with van der Waals surface area (Å²) in [7, 11) is 0. The maximum Gasteiger partial charge on any atom is 0.306 e. The van der Waals surface area contributed by atoms with Crippen LogP contribution in [0.5, 0.6) is 0 Å². The molecule has 3 unspecified atom stereocenters. The molecule has 0 aromatic carbocycles. The molecule has 0 aliphatic carbocycles. The molecule has 0 rings (SSSR count). The van der Waals surface area contributed by atoms with Gasteiger partial charge in [0.1, 0.15) is 6.10 Å². The van der Waals surface area contributed by atoms with Crippen molar-refractivity contribution in [1.29, 1.82) is 0 Å². The highest BCUT2D eigenvalue weighted by atomic mass is 16.5. The second-order valence-corrected chi connectivity index (χ2v) is 15.9. The minimum Gasteiger partial charge on any atom is -0.461 e. The third kappa shape index (κ3) is 42.7. The van der Waals surface area contributed by atoms with Crippen LogP contribution in [0.2, 0.25) is 0 Å². The van der Waals surface area contributed by atoms with Gasteiger partial charge in [0, 0.05) is 12.8 Å². The summed E-state index contributed by atoms with van der Waals surface area (Å²) in [6, 6.07) is -0.758. The van der Waals surface area contributed by atoms with E-state index in [-0.39, 0.29) is 31.3 Å². The Morgan fingerprint density at radius 1 is 0.525 bits per heavy atom. The van der Waals surface area contributed by atoms with Crippen LogP contribution >= 0.6 is 0 Å². The van der Waals surface area contributed by atoms with Crippen LogP contribution in [0.4, 0.5) is 0 Å². The number of aliphatic hydroxyl groups excluding tert-OH is 2. The van der Waals surface area contributed by atoms with Crippen LogP contribution in [-0.4, -0.2) is 46.9 Å². The number of nitrogens with one attached hydrogen (secondary N) is 1. The summed E-state index contributed by atoms with van der Waals surface area (Å²) in [5.74, 6) is -0.691. The van der Waals surface area contributed by atoms with Crippen LogP contribution in [0.3, 0.4) is 0 Å². The van der Waals surface area contributed by atoms with E-state index in [1.165, 1.54) is 70.6 Å². The Morgan fingerprint density at radius 2 is 0.967 bits per heavy atom. The van der Waals surface area contributed by atoms with Gasteiger partial charge >= 0.3 is 5.97 Å². The molecule has 3 atom stereocenters. The topological polar surface area (TPSA) is 95.9 Å². The number of amides is 1. The third-order valence-corrected chi connectivity index (χ3v) is 10.2. The van der Waals surface area contributed by atoms with Crippen LogP contribution in [0, 0.1) is 0 Å². The zero-order valence-electron chi connectivity index (χ0n) is 39.0. The fourth-order valence-electron chi connectivity index (χ4n) is 6.54. The summed E-state index contributed by atoms with van der Waals surface area (Å²) in [6.45, 7) is 6.15. The molecule has 61 heavy (non-hydrogen) atoms. The smallest absolute Gasteiger partial charge is 0.306 e. The first-order chi connectivity index (χ1) is 30.0. The fraction of sp³-hybridized carbons (Fsp3) is 0.600. The lowest BCUT2D eigenvalue weighted by Gasteiger charge is -2.24. The van der Waals surface area contributed by atoms with Crippen LogP contribution in [-0.2, 0) is 14.3 Å². The molecule has 344 valence electrons. The first kappa shape index (κ1) is 57.3. The van der Waals surface area contributed by atoms with Gasteiger partial charge in [-0.1, -0.05) is 232 Å². The second kappa shape index (κ2) is 47.3. The maximum atomic E-state index is 13.1. The summed E-state index contributed by atoms with van der Waals surface area (Å²) in [6.07, 6.45) is 65.7. The summed E-state index contributed by atoms with van der Waals surface area (Å²) in [5.41, 5.74) is 0. The standard InChI is InChI=1S/C55H89NO5/c1-4-7-10-13-16-19-22-24-26-27-28-30-33-36-39-42-45-48-55(60)61-51(46-43-40-37-34-31-21-18-15-12-9-6-3)49-54(59)56-52(50-57)53(58)47-44-41-38-35-32-29-25-23-20-17-14-11-8-5-2/h7,9-10,12,15-16,18-19,21,24,26,28,30-31,34,36-37,39-40,43,51-53,57-58H,4-6,8,11,13-14,17,20,22-23,25,27,29,32-33,35,38,41-42,44-50H2,1-3H3,(H,56,59)/b10-7-,12-9+,18-15+,19-16-,26-24-,30-28-,31-21-,37-34-,39-36-,43-40+. The fourth-order valence-corrected chi connectivity index (χ4v) is 6.54. The van der Waals surface area contributed by atoms with E-state index in [9.17, 15) is 19.8 Å². The van der Waals surface area contributed by atoms with Gasteiger partial charge in [-0.15, -0.1) is 0 Å². The first-order valence-corrected chi connectivity index (χ1v) is 24.3.